The van der Waals surface area contributed by atoms with Crippen molar-refractivity contribution in [2.45, 2.75) is 104 Å². The molecule has 0 aromatic carbocycles. The summed E-state index contributed by atoms with van der Waals surface area (Å²) in [4.78, 5) is 25.7. The van der Waals surface area contributed by atoms with E-state index in [-0.39, 0.29) is 29.0 Å². The van der Waals surface area contributed by atoms with Gasteiger partial charge in [-0.3, -0.25) is 9.59 Å². The Morgan fingerprint density at radius 3 is 2.33 bits per heavy atom. The van der Waals surface area contributed by atoms with Gasteiger partial charge in [0.25, 0.3) is 0 Å². The first-order valence-electron chi connectivity index (χ1n) is 14.3. The predicted octanol–water partition coefficient (Wildman–Crippen LogP) is 4.78. The van der Waals surface area contributed by atoms with Crippen LogP contribution in [0.2, 0.25) is 0 Å². The molecule has 7 atom stereocenters. The van der Waals surface area contributed by atoms with Gasteiger partial charge in [-0.2, -0.15) is 0 Å². The first-order chi connectivity index (χ1) is 16.8. The minimum absolute atomic E-state index is 0.0406. The highest BCUT2D eigenvalue weighted by molar-refractivity contribution is 6.02. The predicted molar refractivity (Wildman–Crippen MR) is 139 cm³/mol. The van der Waals surface area contributed by atoms with Crippen LogP contribution in [0.15, 0.2) is 23.3 Å². The van der Waals surface area contributed by atoms with E-state index in [4.69, 9.17) is 0 Å². The molecule has 0 unspecified atom stereocenters. The summed E-state index contributed by atoms with van der Waals surface area (Å²) in [7, 11) is 0. The molecule has 0 saturated heterocycles. The Morgan fingerprint density at radius 2 is 1.72 bits per heavy atom. The summed E-state index contributed by atoms with van der Waals surface area (Å²) in [6, 6.07) is 0. The standard InChI is InChI=1S/C31H46O5/c1-18(2)19-8-11-28(3,12-9-19)25-15-21(33)14-20-6-7-22-23-10-13-31(36,26(35)17-32)29(23,4)16-24(34)27(22)30(20,25)5/h14-15,18-19,22-24,27,32,34,36H,6-13,16-17H2,1-5H3/t19?,22-,23-,24-,27+,28?,29-,30+,31-/m0/s1. The molecule has 3 N–H and O–H groups in total. The van der Waals surface area contributed by atoms with Crippen LogP contribution in [0.5, 0.6) is 0 Å². The summed E-state index contributed by atoms with van der Waals surface area (Å²) in [5, 5.41) is 33.0. The number of hydrogen-bond donors (Lipinski definition) is 3. The zero-order valence-electron chi connectivity index (χ0n) is 22.8. The highest BCUT2D eigenvalue weighted by atomic mass is 16.3. The third-order valence-corrected chi connectivity index (χ3v) is 12.2. The maximum atomic E-state index is 13.0. The van der Waals surface area contributed by atoms with Crippen LogP contribution in [0.25, 0.3) is 0 Å². The van der Waals surface area contributed by atoms with Crippen molar-refractivity contribution >= 4 is 11.6 Å². The van der Waals surface area contributed by atoms with Crippen LogP contribution >= 0.6 is 0 Å². The Balaban J connectivity index is 1.54. The van der Waals surface area contributed by atoms with Crippen LogP contribution in [-0.2, 0) is 9.59 Å². The van der Waals surface area contributed by atoms with Crippen LogP contribution in [0.1, 0.15) is 92.4 Å². The molecule has 36 heavy (non-hydrogen) atoms. The quantitative estimate of drug-likeness (QED) is 0.519. The van der Waals surface area contributed by atoms with E-state index >= 15 is 0 Å². The number of ketones is 2. The fraction of sp³-hybridized carbons (Fsp3) is 0.806. The Bertz CT molecular complexity index is 1000. The molecule has 0 aromatic heterocycles. The average Bonchev–Trinajstić information content (AvgIpc) is 3.09. The van der Waals surface area contributed by atoms with Crippen LogP contribution in [0.4, 0.5) is 0 Å². The number of rotatable bonds is 4. The Hall–Kier alpha value is -1.30. The number of aliphatic hydroxyl groups excluding tert-OH is 2. The lowest BCUT2D eigenvalue weighted by Gasteiger charge is -2.62. The largest absolute Gasteiger partial charge is 0.393 e. The van der Waals surface area contributed by atoms with Crippen molar-refractivity contribution in [1.82, 2.24) is 0 Å². The van der Waals surface area contributed by atoms with Crippen LogP contribution in [0.3, 0.4) is 0 Å². The lowest BCUT2D eigenvalue weighted by molar-refractivity contribution is -0.180. The van der Waals surface area contributed by atoms with E-state index in [0.717, 1.165) is 38.0 Å². The molecule has 0 aromatic rings. The second-order valence-corrected chi connectivity index (χ2v) is 14.0. The molecular formula is C31H46O5. The number of aliphatic hydroxyl groups is 3. The molecule has 5 rings (SSSR count). The van der Waals surface area contributed by atoms with Gasteiger partial charge in [-0.15, -0.1) is 0 Å². The molecular weight excluding hydrogens is 452 g/mol. The van der Waals surface area contributed by atoms with E-state index in [9.17, 15) is 24.9 Å². The SMILES string of the molecule is CC(C)C1CCC(C)(C2=CC(=O)C=C3CC[C@@H]4[C@H]([C@@H](O)C[C@@]5(C)[C@H]4CC[C@]5(O)C(=O)CO)[C@]32C)CC1. The molecule has 4 fully saturated rings. The molecule has 5 aliphatic carbocycles. The Morgan fingerprint density at radius 1 is 1.06 bits per heavy atom. The summed E-state index contributed by atoms with van der Waals surface area (Å²) in [5.74, 6) is 1.19. The zero-order valence-corrected chi connectivity index (χ0v) is 22.8. The van der Waals surface area contributed by atoms with E-state index in [1.807, 2.05) is 19.1 Å². The van der Waals surface area contributed by atoms with Crippen molar-refractivity contribution in [3.05, 3.63) is 23.3 Å². The normalized spacial score (nSPS) is 48.6. The van der Waals surface area contributed by atoms with E-state index in [1.54, 1.807) is 0 Å². The van der Waals surface area contributed by atoms with Gasteiger partial charge in [0, 0.05) is 16.7 Å². The maximum Gasteiger partial charge on any atom is 0.190 e. The minimum Gasteiger partial charge on any atom is -0.393 e. The highest BCUT2D eigenvalue weighted by Crippen LogP contribution is 2.70. The zero-order chi connectivity index (χ0) is 26.3. The molecule has 0 amide bonds. The third kappa shape index (κ3) is 3.44. The molecule has 5 heteroatoms. The monoisotopic (exact) mass is 498 g/mol. The molecule has 0 spiro atoms. The summed E-state index contributed by atoms with van der Waals surface area (Å²) in [6.45, 7) is 10.5. The van der Waals surface area contributed by atoms with Gasteiger partial charge in [-0.1, -0.05) is 45.8 Å². The van der Waals surface area contributed by atoms with Crippen molar-refractivity contribution in [3.63, 3.8) is 0 Å². The molecule has 0 radical (unpaired) electrons. The summed E-state index contributed by atoms with van der Waals surface area (Å²) in [6.07, 6.45) is 10.6. The topological polar surface area (TPSA) is 94.8 Å². The van der Waals surface area contributed by atoms with Crippen molar-refractivity contribution in [1.29, 1.82) is 0 Å². The maximum absolute atomic E-state index is 13.0. The highest BCUT2D eigenvalue weighted by Gasteiger charge is 2.69. The number of allylic oxidation sites excluding steroid dienone is 4. The smallest absolute Gasteiger partial charge is 0.190 e. The number of hydrogen-bond acceptors (Lipinski definition) is 5. The van der Waals surface area contributed by atoms with Crippen molar-refractivity contribution in [2.75, 3.05) is 6.61 Å². The lowest BCUT2D eigenvalue weighted by Crippen LogP contribution is -2.62. The van der Waals surface area contributed by atoms with Gasteiger partial charge in [0.1, 0.15) is 12.2 Å². The van der Waals surface area contributed by atoms with Crippen molar-refractivity contribution < 1.29 is 24.9 Å². The van der Waals surface area contributed by atoms with E-state index < -0.39 is 34.9 Å². The first kappa shape index (κ1) is 26.3. The lowest BCUT2D eigenvalue weighted by atomic mass is 9.42. The fourth-order valence-electron chi connectivity index (χ4n) is 10.1. The molecule has 0 heterocycles. The van der Waals surface area contributed by atoms with Crippen LogP contribution in [0, 0.1) is 45.8 Å². The Kier molecular flexibility index (Phi) is 6.29. The minimum atomic E-state index is -1.59. The first-order valence-corrected chi connectivity index (χ1v) is 14.3. The van der Waals surface area contributed by atoms with E-state index in [2.05, 4.69) is 27.7 Å². The summed E-state index contributed by atoms with van der Waals surface area (Å²) < 4.78 is 0. The number of carbonyl (C=O) groups is 2. The molecule has 5 nitrogen and oxygen atoms in total. The van der Waals surface area contributed by atoms with Gasteiger partial charge in [-0.05, 0) is 99.0 Å². The number of fused-ring (bicyclic) bond motifs is 5. The van der Waals surface area contributed by atoms with Crippen molar-refractivity contribution in [2.24, 2.45) is 45.8 Å². The molecule has 0 aliphatic heterocycles. The number of Topliss-reactive ketones (excluding diaryl/α,β-unsaturated/α-hetero) is 1. The summed E-state index contributed by atoms with van der Waals surface area (Å²) in [5.41, 5.74) is -0.409. The molecule has 0 bridgehead atoms. The fourth-order valence-corrected chi connectivity index (χ4v) is 10.1. The second kappa shape index (κ2) is 8.61. The van der Waals surface area contributed by atoms with E-state index in [0.29, 0.717) is 18.8 Å². The molecule has 5 aliphatic rings. The molecule has 4 saturated carbocycles. The third-order valence-electron chi connectivity index (χ3n) is 12.2. The van der Waals surface area contributed by atoms with Gasteiger partial charge in [-0.25, -0.2) is 0 Å². The van der Waals surface area contributed by atoms with Gasteiger partial charge < -0.3 is 15.3 Å². The van der Waals surface area contributed by atoms with Gasteiger partial charge in [0.15, 0.2) is 11.6 Å². The van der Waals surface area contributed by atoms with Crippen LogP contribution in [-0.4, -0.2) is 45.2 Å². The molecule has 200 valence electrons. The van der Waals surface area contributed by atoms with E-state index in [1.165, 1.54) is 24.0 Å². The van der Waals surface area contributed by atoms with Gasteiger partial charge in [0.05, 0.1) is 6.10 Å². The van der Waals surface area contributed by atoms with Crippen LogP contribution < -0.4 is 0 Å². The van der Waals surface area contributed by atoms with Gasteiger partial charge >= 0.3 is 0 Å². The summed E-state index contributed by atoms with van der Waals surface area (Å²) >= 11 is 0. The second-order valence-electron chi connectivity index (χ2n) is 14.0. The Labute approximate surface area is 216 Å². The number of carbonyl (C=O) groups excluding carboxylic acids is 2. The van der Waals surface area contributed by atoms with Crippen molar-refractivity contribution in [3.8, 4) is 0 Å². The average molecular weight is 499 g/mol. The van der Waals surface area contributed by atoms with Gasteiger partial charge in [0.2, 0.25) is 0 Å².